The van der Waals surface area contributed by atoms with E-state index in [9.17, 15) is 15.2 Å². The number of hydrogen-bond acceptors (Lipinski definition) is 4. The smallest absolute Gasteiger partial charge is 0.288 e. The molecule has 1 aromatic rings. The van der Waals surface area contributed by atoms with Crippen molar-refractivity contribution in [2.24, 2.45) is 0 Å². The van der Waals surface area contributed by atoms with Crippen LogP contribution in [-0.4, -0.2) is 22.2 Å². The summed E-state index contributed by atoms with van der Waals surface area (Å²) in [5, 5.41) is 24.0. The van der Waals surface area contributed by atoms with E-state index in [1.807, 2.05) is 6.92 Å². The zero-order chi connectivity index (χ0) is 14.6. The Balaban J connectivity index is 2.86. The van der Waals surface area contributed by atoms with Crippen molar-refractivity contribution in [3.63, 3.8) is 0 Å². The summed E-state index contributed by atoms with van der Waals surface area (Å²) in [5.74, 6) is 0. The SMILES string of the molecule is CCCC(C)(O)CNc1cc(Cl)c([N+](=O)[O-])cc1C. The number of hydrogen-bond donors (Lipinski definition) is 2. The van der Waals surface area contributed by atoms with Crippen LogP contribution < -0.4 is 5.32 Å². The predicted molar refractivity (Wildman–Crippen MR) is 76.9 cm³/mol. The van der Waals surface area contributed by atoms with Crippen LogP contribution in [0.4, 0.5) is 11.4 Å². The Morgan fingerprint density at radius 2 is 2.16 bits per heavy atom. The van der Waals surface area contributed by atoms with Crippen molar-refractivity contribution in [3.05, 3.63) is 32.8 Å². The van der Waals surface area contributed by atoms with Gasteiger partial charge in [0.15, 0.2) is 0 Å². The second-order valence-corrected chi connectivity index (χ2v) is 5.38. The van der Waals surface area contributed by atoms with Crippen molar-refractivity contribution < 1.29 is 10.0 Å². The fourth-order valence-electron chi connectivity index (χ4n) is 1.91. The summed E-state index contributed by atoms with van der Waals surface area (Å²) in [6.07, 6.45) is 1.56. The lowest BCUT2D eigenvalue weighted by Gasteiger charge is -2.24. The lowest BCUT2D eigenvalue weighted by molar-refractivity contribution is -0.384. The molecule has 0 radical (unpaired) electrons. The third-order valence-electron chi connectivity index (χ3n) is 2.94. The fraction of sp³-hybridized carbons (Fsp3) is 0.538. The van der Waals surface area contributed by atoms with E-state index in [2.05, 4.69) is 5.32 Å². The van der Waals surface area contributed by atoms with Crippen LogP contribution in [0.25, 0.3) is 0 Å². The molecule has 0 spiro atoms. The highest BCUT2D eigenvalue weighted by atomic mass is 35.5. The molecule has 5 nitrogen and oxygen atoms in total. The van der Waals surface area contributed by atoms with Gasteiger partial charge in [0.2, 0.25) is 0 Å². The van der Waals surface area contributed by atoms with Gasteiger partial charge in [0, 0.05) is 18.3 Å². The molecule has 0 saturated carbocycles. The molecule has 106 valence electrons. The number of halogens is 1. The largest absolute Gasteiger partial charge is 0.388 e. The lowest BCUT2D eigenvalue weighted by atomic mass is 10.0. The average Bonchev–Trinajstić information content (AvgIpc) is 2.29. The quantitative estimate of drug-likeness (QED) is 0.620. The van der Waals surface area contributed by atoms with Crippen molar-refractivity contribution >= 4 is 23.0 Å². The second-order valence-electron chi connectivity index (χ2n) is 4.98. The Hall–Kier alpha value is -1.33. The van der Waals surface area contributed by atoms with Crippen molar-refractivity contribution in [2.75, 3.05) is 11.9 Å². The van der Waals surface area contributed by atoms with Gasteiger partial charge < -0.3 is 10.4 Å². The van der Waals surface area contributed by atoms with Crippen LogP contribution in [0.15, 0.2) is 12.1 Å². The summed E-state index contributed by atoms with van der Waals surface area (Å²) in [7, 11) is 0. The molecule has 0 aliphatic carbocycles. The van der Waals surface area contributed by atoms with E-state index in [1.165, 1.54) is 12.1 Å². The minimum absolute atomic E-state index is 0.0910. The minimum Gasteiger partial charge on any atom is -0.388 e. The molecular formula is C13H19ClN2O3. The van der Waals surface area contributed by atoms with Crippen LogP contribution in [0.5, 0.6) is 0 Å². The molecular weight excluding hydrogens is 268 g/mol. The van der Waals surface area contributed by atoms with Gasteiger partial charge in [0.05, 0.1) is 10.5 Å². The van der Waals surface area contributed by atoms with Crippen molar-refractivity contribution in [2.45, 2.75) is 39.2 Å². The molecule has 2 N–H and O–H groups in total. The third kappa shape index (κ3) is 4.36. The van der Waals surface area contributed by atoms with Crippen LogP contribution in [-0.2, 0) is 0 Å². The van der Waals surface area contributed by atoms with Crippen molar-refractivity contribution in [1.29, 1.82) is 0 Å². The molecule has 0 fully saturated rings. The van der Waals surface area contributed by atoms with Crippen LogP contribution in [0.3, 0.4) is 0 Å². The third-order valence-corrected chi connectivity index (χ3v) is 3.24. The number of nitrogens with one attached hydrogen (secondary N) is 1. The number of aliphatic hydroxyl groups is 1. The van der Waals surface area contributed by atoms with Gasteiger partial charge in [0.1, 0.15) is 5.02 Å². The number of rotatable bonds is 6. The topological polar surface area (TPSA) is 75.4 Å². The number of nitrogens with zero attached hydrogens (tertiary/aromatic N) is 1. The van der Waals surface area contributed by atoms with E-state index >= 15 is 0 Å². The zero-order valence-electron chi connectivity index (χ0n) is 11.4. The van der Waals surface area contributed by atoms with E-state index < -0.39 is 10.5 Å². The van der Waals surface area contributed by atoms with Gasteiger partial charge in [0.25, 0.3) is 5.69 Å². The number of benzene rings is 1. The highest BCUT2D eigenvalue weighted by molar-refractivity contribution is 6.33. The fourth-order valence-corrected chi connectivity index (χ4v) is 2.14. The molecule has 1 atom stereocenters. The maximum atomic E-state index is 10.7. The van der Waals surface area contributed by atoms with Gasteiger partial charge in [-0.25, -0.2) is 0 Å². The van der Waals surface area contributed by atoms with Gasteiger partial charge in [-0.15, -0.1) is 0 Å². The van der Waals surface area contributed by atoms with E-state index in [-0.39, 0.29) is 10.7 Å². The van der Waals surface area contributed by atoms with Crippen LogP contribution in [0.1, 0.15) is 32.3 Å². The molecule has 1 aromatic carbocycles. The summed E-state index contributed by atoms with van der Waals surface area (Å²) in [6, 6.07) is 2.95. The first-order valence-electron chi connectivity index (χ1n) is 6.17. The first-order valence-corrected chi connectivity index (χ1v) is 6.55. The van der Waals surface area contributed by atoms with Gasteiger partial charge in [-0.1, -0.05) is 24.9 Å². The summed E-state index contributed by atoms with van der Waals surface area (Å²) in [4.78, 5) is 10.2. The maximum Gasteiger partial charge on any atom is 0.288 e. The molecule has 0 aliphatic heterocycles. The van der Waals surface area contributed by atoms with Gasteiger partial charge >= 0.3 is 0 Å². The highest BCUT2D eigenvalue weighted by Gasteiger charge is 2.20. The number of aryl methyl sites for hydroxylation is 1. The Morgan fingerprint density at radius 1 is 1.53 bits per heavy atom. The second kappa shape index (κ2) is 6.21. The van der Waals surface area contributed by atoms with Crippen LogP contribution >= 0.6 is 11.6 Å². The van der Waals surface area contributed by atoms with E-state index in [0.717, 1.165) is 12.0 Å². The molecule has 6 heteroatoms. The van der Waals surface area contributed by atoms with Crippen molar-refractivity contribution in [1.82, 2.24) is 0 Å². The first kappa shape index (κ1) is 15.7. The van der Waals surface area contributed by atoms with Crippen LogP contribution in [0.2, 0.25) is 5.02 Å². The van der Waals surface area contributed by atoms with Crippen LogP contribution in [0, 0.1) is 17.0 Å². The number of anilines is 1. The van der Waals surface area contributed by atoms with E-state index in [1.54, 1.807) is 13.8 Å². The summed E-state index contributed by atoms with van der Waals surface area (Å²) in [5.41, 5.74) is 0.510. The maximum absolute atomic E-state index is 10.7. The molecule has 0 aromatic heterocycles. The van der Waals surface area contributed by atoms with Gasteiger partial charge in [-0.2, -0.15) is 0 Å². The summed E-state index contributed by atoms with van der Waals surface area (Å²) >= 11 is 5.86. The standard InChI is InChI=1S/C13H19ClN2O3/c1-4-5-13(3,17)8-15-11-7-10(14)12(16(18)19)6-9(11)2/h6-7,15,17H,4-5,8H2,1-3H3. The van der Waals surface area contributed by atoms with E-state index in [4.69, 9.17) is 11.6 Å². The Morgan fingerprint density at radius 3 is 2.68 bits per heavy atom. The normalized spacial score (nSPS) is 13.9. The Bertz CT molecular complexity index is 475. The minimum atomic E-state index is -0.810. The summed E-state index contributed by atoms with van der Waals surface area (Å²) < 4.78 is 0. The monoisotopic (exact) mass is 286 g/mol. The molecule has 19 heavy (non-hydrogen) atoms. The first-order chi connectivity index (χ1) is 8.76. The molecule has 0 saturated heterocycles. The Kier molecular flexibility index (Phi) is 5.14. The zero-order valence-corrected chi connectivity index (χ0v) is 12.1. The average molecular weight is 287 g/mol. The van der Waals surface area contributed by atoms with Gasteiger partial charge in [-0.05, 0) is 31.9 Å². The van der Waals surface area contributed by atoms with Crippen molar-refractivity contribution in [3.8, 4) is 0 Å². The molecule has 1 unspecified atom stereocenters. The predicted octanol–water partition coefficient (Wildman–Crippen LogP) is 3.52. The van der Waals surface area contributed by atoms with Gasteiger partial charge in [-0.3, -0.25) is 10.1 Å². The molecule has 0 amide bonds. The summed E-state index contributed by atoms with van der Waals surface area (Å²) in [6.45, 7) is 5.89. The molecule has 1 rings (SSSR count). The number of nitro benzene ring substituents is 1. The molecule has 0 bridgehead atoms. The molecule has 0 aliphatic rings. The lowest BCUT2D eigenvalue weighted by Crippen LogP contribution is -2.33. The van der Waals surface area contributed by atoms with E-state index in [0.29, 0.717) is 18.7 Å². The molecule has 0 heterocycles. The Labute approximate surface area is 117 Å². The number of nitro groups is 1. The highest BCUT2D eigenvalue weighted by Crippen LogP contribution is 2.30.